The van der Waals surface area contributed by atoms with E-state index in [0.29, 0.717) is 15.7 Å². The SMILES string of the molecule is CN1CC(=O)Nc2ccc([N+](C)(C)C)cc2C1=O. The number of carbonyl (C=O) groups is 2. The molecule has 0 aromatic heterocycles. The number of amides is 2. The summed E-state index contributed by atoms with van der Waals surface area (Å²) in [4.78, 5) is 25.2. The maximum atomic E-state index is 12.2. The van der Waals surface area contributed by atoms with Crippen molar-refractivity contribution >= 4 is 23.2 Å². The summed E-state index contributed by atoms with van der Waals surface area (Å²) in [6.07, 6.45) is 0. The fourth-order valence-corrected chi connectivity index (χ4v) is 1.92. The van der Waals surface area contributed by atoms with Crippen molar-refractivity contribution in [2.45, 2.75) is 0 Å². The molecular formula is C13H18N3O2+. The number of fused-ring (bicyclic) bond motifs is 1. The Balaban J connectivity index is 2.54. The summed E-state index contributed by atoms with van der Waals surface area (Å²) in [5, 5.41) is 2.75. The van der Waals surface area contributed by atoms with Crippen LogP contribution < -0.4 is 9.80 Å². The molecule has 1 aliphatic rings. The zero-order valence-electron chi connectivity index (χ0n) is 11.2. The van der Waals surface area contributed by atoms with E-state index in [1.807, 2.05) is 33.3 Å². The Morgan fingerprint density at radius 3 is 2.50 bits per heavy atom. The van der Waals surface area contributed by atoms with Gasteiger partial charge in [-0.25, -0.2) is 0 Å². The van der Waals surface area contributed by atoms with E-state index < -0.39 is 0 Å². The van der Waals surface area contributed by atoms with Crippen LogP contribution in [-0.4, -0.2) is 51.4 Å². The standard InChI is InChI=1S/C13H17N3O2/c1-15-8-12(17)14-11-6-5-9(16(2,3)4)7-10(11)13(15)18/h5-7H,8H2,1-4H3/p+1. The van der Waals surface area contributed by atoms with Gasteiger partial charge in [0.15, 0.2) is 0 Å². The van der Waals surface area contributed by atoms with Crippen LogP contribution >= 0.6 is 0 Å². The lowest BCUT2D eigenvalue weighted by molar-refractivity contribution is -0.116. The number of hydrogen-bond donors (Lipinski definition) is 1. The summed E-state index contributed by atoms with van der Waals surface area (Å²) in [7, 11) is 7.73. The number of carbonyl (C=O) groups excluding carboxylic acids is 2. The number of likely N-dealkylation sites (N-methyl/N-ethyl adjacent to an activating group) is 1. The van der Waals surface area contributed by atoms with Gasteiger partial charge >= 0.3 is 0 Å². The zero-order chi connectivity index (χ0) is 13.5. The summed E-state index contributed by atoms with van der Waals surface area (Å²) in [6.45, 7) is 0.0905. The van der Waals surface area contributed by atoms with E-state index in [1.54, 1.807) is 13.1 Å². The Hall–Kier alpha value is -1.88. The van der Waals surface area contributed by atoms with Crippen LogP contribution in [0.3, 0.4) is 0 Å². The third kappa shape index (κ3) is 2.22. The quantitative estimate of drug-likeness (QED) is 0.751. The lowest BCUT2D eigenvalue weighted by Gasteiger charge is -2.24. The van der Waals surface area contributed by atoms with Gasteiger partial charge in [0.05, 0.1) is 38.9 Å². The lowest BCUT2D eigenvalue weighted by atomic mass is 10.1. The Morgan fingerprint density at radius 2 is 1.89 bits per heavy atom. The molecule has 1 heterocycles. The molecule has 0 bridgehead atoms. The zero-order valence-corrected chi connectivity index (χ0v) is 11.2. The van der Waals surface area contributed by atoms with Crippen molar-refractivity contribution in [2.75, 3.05) is 40.1 Å². The average Bonchev–Trinajstić information content (AvgIpc) is 2.35. The molecule has 5 nitrogen and oxygen atoms in total. The van der Waals surface area contributed by atoms with Crippen molar-refractivity contribution in [1.82, 2.24) is 9.38 Å². The first-order chi connectivity index (χ1) is 8.29. The predicted octanol–water partition coefficient (Wildman–Crippen LogP) is 0.907. The summed E-state index contributed by atoms with van der Waals surface area (Å²) in [5.41, 5.74) is 2.16. The second-order valence-electron chi connectivity index (χ2n) is 5.45. The van der Waals surface area contributed by atoms with Crippen molar-refractivity contribution < 1.29 is 9.59 Å². The molecule has 1 aromatic rings. The molecule has 96 valence electrons. The highest BCUT2D eigenvalue weighted by atomic mass is 16.2. The minimum Gasteiger partial charge on any atom is -0.332 e. The fourth-order valence-electron chi connectivity index (χ4n) is 1.92. The van der Waals surface area contributed by atoms with Crippen LogP contribution in [0.25, 0.3) is 0 Å². The normalized spacial score (nSPS) is 16.1. The van der Waals surface area contributed by atoms with Gasteiger partial charge in [0, 0.05) is 19.2 Å². The molecule has 0 aliphatic carbocycles. The minimum absolute atomic E-state index is 0.0905. The Morgan fingerprint density at radius 1 is 1.22 bits per heavy atom. The molecule has 5 heteroatoms. The summed E-state index contributed by atoms with van der Waals surface area (Å²) >= 11 is 0. The van der Waals surface area contributed by atoms with E-state index in [2.05, 4.69) is 5.32 Å². The molecule has 0 saturated heterocycles. The highest BCUT2D eigenvalue weighted by Gasteiger charge is 2.25. The maximum Gasteiger partial charge on any atom is 0.256 e. The van der Waals surface area contributed by atoms with Crippen molar-refractivity contribution in [3.05, 3.63) is 23.8 Å². The average molecular weight is 248 g/mol. The van der Waals surface area contributed by atoms with Crippen molar-refractivity contribution in [1.29, 1.82) is 0 Å². The number of quaternary nitrogens is 1. The lowest BCUT2D eigenvalue weighted by Crippen LogP contribution is -2.35. The second kappa shape index (κ2) is 4.10. The van der Waals surface area contributed by atoms with E-state index in [1.165, 1.54) is 4.90 Å². The number of hydrogen-bond acceptors (Lipinski definition) is 2. The predicted molar refractivity (Wildman–Crippen MR) is 71.6 cm³/mol. The van der Waals surface area contributed by atoms with Gasteiger partial charge in [-0.3, -0.25) is 14.1 Å². The van der Waals surface area contributed by atoms with Crippen LogP contribution in [0.5, 0.6) is 0 Å². The topological polar surface area (TPSA) is 49.4 Å². The first kappa shape index (κ1) is 12.6. The molecule has 1 N–H and O–H groups in total. The first-order valence-electron chi connectivity index (χ1n) is 5.80. The molecule has 0 spiro atoms. The van der Waals surface area contributed by atoms with Crippen LogP contribution in [0, 0.1) is 0 Å². The molecule has 18 heavy (non-hydrogen) atoms. The molecule has 0 saturated carbocycles. The van der Waals surface area contributed by atoms with E-state index >= 15 is 0 Å². The third-order valence-corrected chi connectivity index (χ3v) is 3.01. The van der Waals surface area contributed by atoms with E-state index in [0.717, 1.165) is 5.69 Å². The Labute approximate surface area is 107 Å². The van der Waals surface area contributed by atoms with Crippen LogP contribution in [0.15, 0.2) is 18.2 Å². The fraction of sp³-hybridized carbons (Fsp3) is 0.385. The van der Waals surface area contributed by atoms with Crippen LogP contribution in [0.4, 0.5) is 11.4 Å². The molecule has 2 rings (SSSR count). The largest absolute Gasteiger partial charge is 0.332 e. The van der Waals surface area contributed by atoms with Gasteiger partial charge in [-0.1, -0.05) is 0 Å². The minimum atomic E-state index is -0.164. The third-order valence-electron chi connectivity index (χ3n) is 3.01. The summed E-state index contributed by atoms with van der Waals surface area (Å²) in [6, 6.07) is 5.57. The highest BCUT2D eigenvalue weighted by molar-refractivity contribution is 6.08. The molecule has 1 aromatic carbocycles. The number of anilines is 1. The molecule has 0 unspecified atom stereocenters. The Bertz CT molecular complexity index is 517. The molecule has 0 atom stereocenters. The smallest absolute Gasteiger partial charge is 0.256 e. The van der Waals surface area contributed by atoms with Gasteiger partial charge in [-0.15, -0.1) is 0 Å². The molecule has 2 amide bonds. The molecule has 1 aliphatic heterocycles. The molecule has 0 fully saturated rings. The van der Waals surface area contributed by atoms with Crippen LogP contribution in [0.1, 0.15) is 10.4 Å². The van der Waals surface area contributed by atoms with Gasteiger partial charge in [-0.05, 0) is 6.07 Å². The van der Waals surface area contributed by atoms with Crippen LogP contribution in [0.2, 0.25) is 0 Å². The number of benzene rings is 1. The summed E-state index contributed by atoms with van der Waals surface area (Å²) < 4.78 is 0.623. The van der Waals surface area contributed by atoms with E-state index in [9.17, 15) is 9.59 Å². The Kier molecular flexibility index (Phi) is 2.86. The van der Waals surface area contributed by atoms with Crippen molar-refractivity contribution in [3.8, 4) is 0 Å². The van der Waals surface area contributed by atoms with Gasteiger partial charge in [0.25, 0.3) is 5.91 Å². The molecule has 0 radical (unpaired) electrons. The van der Waals surface area contributed by atoms with Crippen molar-refractivity contribution in [3.63, 3.8) is 0 Å². The number of nitrogens with one attached hydrogen (secondary N) is 1. The van der Waals surface area contributed by atoms with E-state index in [-0.39, 0.29) is 18.4 Å². The van der Waals surface area contributed by atoms with Gasteiger partial charge in [-0.2, -0.15) is 0 Å². The molecular weight excluding hydrogens is 230 g/mol. The van der Waals surface area contributed by atoms with Gasteiger partial charge in [0.2, 0.25) is 5.91 Å². The number of nitrogens with zero attached hydrogens (tertiary/aromatic N) is 2. The van der Waals surface area contributed by atoms with E-state index in [4.69, 9.17) is 0 Å². The van der Waals surface area contributed by atoms with Crippen LogP contribution in [-0.2, 0) is 4.79 Å². The maximum absolute atomic E-state index is 12.2. The first-order valence-corrected chi connectivity index (χ1v) is 5.80. The highest BCUT2D eigenvalue weighted by Crippen LogP contribution is 2.27. The summed E-state index contributed by atoms with van der Waals surface area (Å²) in [5.74, 6) is -0.291. The van der Waals surface area contributed by atoms with Gasteiger partial charge in [0.1, 0.15) is 5.69 Å². The van der Waals surface area contributed by atoms with Gasteiger partial charge < -0.3 is 10.2 Å². The van der Waals surface area contributed by atoms with Crippen molar-refractivity contribution in [2.24, 2.45) is 0 Å². The number of rotatable bonds is 1. The second-order valence-corrected chi connectivity index (χ2v) is 5.45. The monoisotopic (exact) mass is 248 g/mol.